The molecule has 0 aliphatic rings. The number of esters is 1. The molecule has 2 N–H and O–H groups in total. The molecule has 4 heteroatoms. The predicted molar refractivity (Wildman–Crippen MR) is 78.8 cm³/mol. The molecule has 0 unspecified atom stereocenters. The average molecular weight is 264 g/mol. The largest absolute Gasteiger partial charge is 0.465 e. The normalized spacial score (nSPS) is 11.2. The summed E-state index contributed by atoms with van der Waals surface area (Å²) in [5, 5.41) is 6.65. The minimum absolute atomic E-state index is 0.0974. The number of hydrogen-bond donors (Lipinski definition) is 2. The number of nitrogens with one attached hydrogen (secondary N) is 2. The molecule has 0 saturated carbocycles. The maximum atomic E-state index is 11.7. The van der Waals surface area contributed by atoms with Gasteiger partial charge >= 0.3 is 5.97 Å². The Morgan fingerprint density at radius 3 is 2.53 bits per heavy atom. The van der Waals surface area contributed by atoms with Gasteiger partial charge in [-0.3, -0.25) is 0 Å². The Bertz CT molecular complexity index is 436. The highest BCUT2D eigenvalue weighted by Gasteiger charge is 2.12. The van der Waals surface area contributed by atoms with Crippen molar-refractivity contribution in [2.75, 3.05) is 25.5 Å². The van der Waals surface area contributed by atoms with Crippen LogP contribution in [0.2, 0.25) is 0 Å². The van der Waals surface area contributed by atoms with Crippen LogP contribution in [-0.2, 0) is 4.74 Å². The van der Waals surface area contributed by atoms with Crippen molar-refractivity contribution < 1.29 is 9.53 Å². The Morgan fingerprint density at radius 2 is 1.95 bits per heavy atom. The van der Waals surface area contributed by atoms with Gasteiger partial charge in [-0.2, -0.15) is 0 Å². The van der Waals surface area contributed by atoms with Gasteiger partial charge in [0.05, 0.1) is 12.7 Å². The van der Waals surface area contributed by atoms with Gasteiger partial charge in [0, 0.05) is 24.3 Å². The third-order valence-corrected chi connectivity index (χ3v) is 2.68. The summed E-state index contributed by atoms with van der Waals surface area (Å²) in [6.07, 6.45) is 0. The van der Waals surface area contributed by atoms with Crippen LogP contribution in [0.1, 0.15) is 36.7 Å². The molecule has 106 valence electrons. The maximum absolute atomic E-state index is 11.7. The highest BCUT2D eigenvalue weighted by atomic mass is 16.5. The molecule has 0 spiro atoms. The van der Waals surface area contributed by atoms with Gasteiger partial charge in [0.15, 0.2) is 0 Å². The quantitative estimate of drug-likeness (QED) is 0.634. The lowest BCUT2D eigenvalue weighted by Crippen LogP contribution is -2.38. The number of anilines is 1. The first-order chi connectivity index (χ1) is 8.83. The first-order valence-corrected chi connectivity index (χ1v) is 6.51. The lowest BCUT2D eigenvalue weighted by Gasteiger charge is -2.21. The zero-order valence-electron chi connectivity index (χ0n) is 12.5. The number of hydrogen-bond acceptors (Lipinski definition) is 4. The number of carbonyl (C=O) groups excluding carboxylic acids is 1. The third-order valence-electron chi connectivity index (χ3n) is 2.68. The van der Waals surface area contributed by atoms with Crippen molar-refractivity contribution >= 4 is 11.7 Å². The molecule has 0 radical (unpaired) electrons. The van der Waals surface area contributed by atoms with E-state index in [-0.39, 0.29) is 11.5 Å². The van der Waals surface area contributed by atoms with Gasteiger partial charge in [-0.1, -0.05) is 11.6 Å². The molecule has 1 aromatic rings. The molecule has 19 heavy (non-hydrogen) atoms. The van der Waals surface area contributed by atoms with E-state index < -0.39 is 0 Å². The zero-order valence-corrected chi connectivity index (χ0v) is 12.5. The van der Waals surface area contributed by atoms with Gasteiger partial charge < -0.3 is 15.4 Å². The first-order valence-electron chi connectivity index (χ1n) is 6.51. The van der Waals surface area contributed by atoms with E-state index in [0.717, 1.165) is 24.3 Å². The van der Waals surface area contributed by atoms with Crippen molar-refractivity contribution in [3.63, 3.8) is 0 Å². The van der Waals surface area contributed by atoms with Crippen molar-refractivity contribution in [1.82, 2.24) is 5.32 Å². The molecule has 0 atom stereocenters. The van der Waals surface area contributed by atoms with E-state index in [1.807, 2.05) is 25.1 Å². The lowest BCUT2D eigenvalue weighted by molar-refractivity contribution is 0.0601. The van der Waals surface area contributed by atoms with Crippen LogP contribution < -0.4 is 10.6 Å². The molecule has 0 aromatic heterocycles. The van der Waals surface area contributed by atoms with Crippen LogP contribution in [0.3, 0.4) is 0 Å². The van der Waals surface area contributed by atoms with Crippen molar-refractivity contribution in [3.05, 3.63) is 29.3 Å². The summed E-state index contributed by atoms with van der Waals surface area (Å²) >= 11 is 0. The Morgan fingerprint density at radius 1 is 1.26 bits per heavy atom. The number of aryl methyl sites for hydroxylation is 1. The van der Waals surface area contributed by atoms with Crippen LogP contribution in [0.4, 0.5) is 5.69 Å². The second kappa shape index (κ2) is 6.57. The van der Waals surface area contributed by atoms with E-state index >= 15 is 0 Å². The summed E-state index contributed by atoms with van der Waals surface area (Å²) in [5.74, 6) is -0.310. The molecule has 0 bridgehead atoms. The van der Waals surface area contributed by atoms with E-state index in [4.69, 9.17) is 4.74 Å². The van der Waals surface area contributed by atoms with Crippen LogP contribution >= 0.6 is 0 Å². The van der Waals surface area contributed by atoms with Gasteiger partial charge in [0.2, 0.25) is 0 Å². The summed E-state index contributed by atoms with van der Waals surface area (Å²) in [6, 6.07) is 5.73. The van der Waals surface area contributed by atoms with Crippen molar-refractivity contribution in [3.8, 4) is 0 Å². The standard InChI is InChI=1S/C15H24N2O2/c1-11-6-7-13(12(10-11)14(18)19-5)16-8-9-17-15(2,3)4/h6-7,10,16-17H,8-9H2,1-5H3. The van der Waals surface area contributed by atoms with Gasteiger partial charge in [0.1, 0.15) is 0 Å². The molecule has 0 aliphatic carbocycles. The van der Waals surface area contributed by atoms with Gasteiger partial charge in [-0.15, -0.1) is 0 Å². The zero-order chi connectivity index (χ0) is 14.5. The molecular formula is C15H24N2O2. The fourth-order valence-corrected chi connectivity index (χ4v) is 1.73. The monoisotopic (exact) mass is 264 g/mol. The Kier molecular flexibility index (Phi) is 5.36. The molecule has 1 rings (SSSR count). The Labute approximate surface area is 115 Å². The first kappa shape index (κ1) is 15.5. The summed E-state index contributed by atoms with van der Waals surface area (Å²) in [7, 11) is 1.40. The fourth-order valence-electron chi connectivity index (χ4n) is 1.73. The van der Waals surface area contributed by atoms with Gasteiger partial charge in [0.25, 0.3) is 0 Å². The average Bonchev–Trinajstić information content (AvgIpc) is 2.33. The molecule has 0 fully saturated rings. The van der Waals surface area contributed by atoms with Crippen LogP contribution in [0.15, 0.2) is 18.2 Å². The number of benzene rings is 1. The number of carbonyl (C=O) groups is 1. The summed E-state index contributed by atoms with van der Waals surface area (Å²) in [4.78, 5) is 11.7. The van der Waals surface area contributed by atoms with Crippen molar-refractivity contribution in [2.24, 2.45) is 0 Å². The van der Waals surface area contributed by atoms with Crippen molar-refractivity contribution in [1.29, 1.82) is 0 Å². The molecule has 4 nitrogen and oxygen atoms in total. The SMILES string of the molecule is COC(=O)c1cc(C)ccc1NCCNC(C)(C)C. The molecule has 0 heterocycles. The minimum atomic E-state index is -0.310. The summed E-state index contributed by atoms with van der Waals surface area (Å²) in [6.45, 7) is 9.91. The topological polar surface area (TPSA) is 50.4 Å². The number of rotatable bonds is 5. The van der Waals surface area contributed by atoms with Crippen molar-refractivity contribution in [2.45, 2.75) is 33.2 Å². The number of methoxy groups -OCH3 is 1. The summed E-state index contributed by atoms with van der Waals surface area (Å²) in [5.41, 5.74) is 2.53. The van der Waals surface area contributed by atoms with E-state index in [1.165, 1.54) is 7.11 Å². The molecule has 0 saturated heterocycles. The predicted octanol–water partition coefficient (Wildman–Crippen LogP) is 2.58. The second-order valence-electron chi connectivity index (χ2n) is 5.64. The van der Waals surface area contributed by atoms with Gasteiger partial charge in [-0.25, -0.2) is 4.79 Å². The van der Waals surface area contributed by atoms with Crippen LogP contribution in [0.5, 0.6) is 0 Å². The van der Waals surface area contributed by atoms with Crippen LogP contribution in [0, 0.1) is 6.92 Å². The van der Waals surface area contributed by atoms with E-state index in [0.29, 0.717) is 5.56 Å². The molecule has 0 amide bonds. The third kappa shape index (κ3) is 5.30. The van der Waals surface area contributed by atoms with E-state index in [2.05, 4.69) is 31.4 Å². The Hall–Kier alpha value is -1.55. The van der Waals surface area contributed by atoms with E-state index in [9.17, 15) is 4.79 Å². The highest BCUT2D eigenvalue weighted by Crippen LogP contribution is 2.18. The number of ether oxygens (including phenoxy) is 1. The smallest absolute Gasteiger partial charge is 0.339 e. The molecular weight excluding hydrogens is 240 g/mol. The van der Waals surface area contributed by atoms with Crippen LogP contribution in [-0.4, -0.2) is 31.7 Å². The van der Waals surface area contributed by atoms with E-state index in [1.54, 1.807) is 0 Å². The molecule has 0 aliphatic heterocycles. The maximum Gasteiger partial charge on any atom is 0.339 e. The highest BCUT2D eigenvalue weighted by molar-refractivity contribution is 5.95. The lowest BCUT2D eigenvalue weighted by atomic mass is 10.1. The summed E-state index contributed by atoms with van der Waals surface area (Å²) < 4.78 is 4.80. The fraction of sp³-hybridized carbons (Fsp3) is 0.533. The second-order valence-corrected chi connectivity index (χ2v) is 5.64. The van der Waals surface area contributed by atoms with Crippen LogP contribution in [0.25, 0.3) is 0 Å². The molecule has 1 aromatic carbocycles. The van der Waals surface area contributed by atoms with Gasteiger partial charge in [-0.05, 0) is 39.8 Å². The Balaban J connectivity index is 2.65. The minimum Gasteiger partial charge on any atom is -0.465 e.